The van der Waals surface area contributed by atoms with Gasteiger partial charge in [0.05, 0.1) is 6.42 Å². The minimum absolute atomic E-state index is 0.116. The summed E-state index contributed by atoms with van der Waals surface area (Å²) in [5.74, 6) is -4.66. The number of hydrogen-bond donors (Lipinski definition) is 3. The van der Waals surface area contributed by atoms with Gasteiger partial charge in [0.15, 0.2) is 0 Å². The molecule has 3 N–H and O–H groups in total. The van der Waals surface area contributed by atoms with Crippen molar-refractivity contribution in [1.29, 1.82) is 0 Å². The molecule has 2 aromatic rings. The summed E-state index contributed by atoms with van der Waals surface area (Å²) in [5.41, 5.74) is 1.34. The second kappa shape index (κ2) is 9.14. The van der Waals surface area contributed by atoms with Crippen LogP contribution in [0.15, 0.2) is 54.6 Å². The maximum Gasteiger partial charge on any atom is 0.394 e. The van der Waals surface area contributed by atoms with Gasteiger partial charge in [-0.1, -0.05) is 42.5 Å². The SMILES string of the molecule is O=C(Cc1ccccc1)Oc1ccc(CC(NC(=O)C(=O)O)C(=O)O)cc1. The Labute approximate surface area is 154 Å². The van der Waals surface area contributed by atoms with Crippen molar-refractivity contribution < 1.29 is 34.1 Å². The van der Waals surface area contributed by atoms with Gasteiger partial charge in [-0.3, -0.25) is 9.59 Å². The molecule has 0 fully saturated rings. The summed E-state index contributed by atoms with van der Waals surface area (Å²) in [6, 6.07) is 13.8. The zero-order valence-electron chi connectivity index (χ0n) is 14.1. The maximum atomic E-state index is 11.9. The summed E-state index contributed by atoms with van der Waals surface area (Å²) in [6.07, 6.45) is -0.00249. The summed E-state index contributed by atoms with van der Waals surface area (Å²) in [7, 11) is 0. The number of carbonyl (C=O) groups excluding carboxylic acids is 2. The maximum absolute atomic E-state index is 11.9. The second-order valence-electron chi connectivity index (χ2n) is 5.65. The smallest absolute Gasteiger partial charge is 0.394 e. The van der Waals surface area contributed by atoms with E-state index in [4.69, 9.17) is 14.9 Å². The van der Waals surface area contributed by atoms with E-state index in [0.29, 0.717) is 11.3 Å². The molecule has 0 heterocycles. The Balaban J connectivity index is 1.95. The molecule has 0 saturated carbocycles. The lowest BCUT2D eigenvalue weighted by atomic mass is 10.1. The van der Waals surface area contributed by atoms with E-state index in [1.807, 2.05) is 35.6 Å². The predicted molar refractivity (Wildman–Crippen MR) is 93.1 cm³/mol. The van der Waals surface area contributed by atoms with Crippen molar-refractivity contribution in [3.05, 3.63) is 65.7 Å². The molecule has 0 bridgehead atoms. The van der Waals surface area contributed by atoms with Crippen LogP contribution in [-0.2, 0) is 32.0 Å². The number of benzene rings is 2. The van der Waals surface area contributed by atoms with Crippen molar-refractivity contribution in [2.45, 2.75) is 18.9 Å². The highest BCUT2D eigenvalue weighted by Crippen LogP contribution is 2.15. The van der Waals surface area contributed by atoms with Crippen LogP contribution < -0.4 is 10.1 Å². The standard InChI is InChI=1S/C19H17NO7/c21-16(11-12-4-2-1-3-5-12)27-14-8-6-13(7-9-14)10-15(18(23)24)20-17(22)19(25)26/h1-9,15H,10-11H2,(H,20,22)(H,23,24)(H,25,26). The number of amides is 1. The first-order valence-corrected chi connectivity index (χ1v) is 7.95. The zero-order valence-corrected chi connectivity index (χ0v) is 14.1. The molecule has 0 aliphatic rings. The molecule has 1 unspecified atom stereocenters. The number of rotatable bonds is 7. The number of carboxylic acids is 2. The monoisotopic (exact) mass is 371 g/mol. The minimum atomic E-state index is -1.76. The van der Waals surface area contributed by atoms with E-state index in [1.165, 1.54) is 24.3 Å². The van der Waals surface area contributed by atoms with Gasteiger partial charge in [-0.25, -0.2) is 9.59 Å². The first-order valence-electron chi connectivity index (χ1n) is 7.95. The van der Waals surface area contributed by atoms with Crippen molar-refractivity contribution in [3.8, 4) is 5.75 Å². The van der Waals surface area contributed by atoms with Crippen molar-refractivity contribution in [3.63, 3.8) is 0 Å². The third kappa shape index (κ3) is 6.28. The summed E-state index contributed by atoms with van der Waals surface area (Å²) < 4.78 is 5.22. The van der Waals surface area contributed by atoms with Crippen molar-refractivity contribution in [2.75, 3.05) is 0 Å². The van der Waals surface area contributed by atoms with Crippen LogP contribution >= 0.6 is 0 Å². The molecule has 1 atom stereocenters. The quantitative estimate of drug-likeness (QED) is 0.376. The van der Waals surface area contributed by atoms with Gasteiger partial charge in [0.25, 0.3) is 0 Å². The van der Waals surface area contributed by atoms with E-state index in [1.54, 1.807) is 0 Å². The minimum Gasteiger partial charge on any atom is -0.480 e. The van der Waals surface area contributed by atoms with Gasteiger partial charge in [0, 0.05) is 6.42 Å². The fourth-order valence-electron chi connectivity index (χ4n) is 2.28. The molecule has 1 amide bonds. The van der Waals surface area contributed by atoms with Crippen molar-refractivity contribution in [2.24, 2.45) is 0 Å². The van der Waals surface area contributed by atoms with E-state index in [0.717, 1.165) is 5.56 Å². The Bertz CT molecular complexity index is 831. The van der Waals surface area contributed by atoms with Crippen LogP contribution in [0.4, 0.5) is 0 Å². The molecule has 0 aliphatic carbocycles. The third-order valence-corrected chi connectivity index (χ3v) is 3.58. The molecule has 8 nitrogen and oxygen atoms in total. The van der Waals surface area contributed by atoms with Gasteiger partial charge in [0.1, 0.15) is 11.8 Å². The molecule has 0 spiro atoms. The molecule has 2 rings (SSSR count). The predicted octanol–water partition coefficient (Wildman–Crippen LogP) is 1.03. The molecule has 0 aliphatic heterocycles. The lowest BCUT2D eigenvalue weighted by Gasteiger charge is -2.13. The van der Waals surface area contributed by atoms with Crippen LogP contribution in [0.1, 0.15) is 11.1 Å². The van der Waals surface area contributed by atoms with Gasteiger partial charge in [-0.15, -0.1) is 0 Å². The Hall–Kier alpha value is -3.68. The van der Waals surface area contributed by atoms with Crippen molar-refractivity contribution >= 4 is 23.8 Å². The van der Waals surface area contributed by atoms with E-state index >= 15 is 0 Å². The highest BCUT2D eigenvalue weighted by atomic mass is 16.5. The number of esters is 1. The first-order chi connectivity index (χ1) is 12.8. The number of aliphatic carboxylic acids is 2. The number of nitrogens with one attached hydrogen (secondary N) is 1. The van der Waals surface area contributed by atoms with Crippen molar-refractivity contribution in [1.82, 2.24) is 5.32 Å². The second-order valence-corrected chi connectivity index (χ2v) is 5.65. The van der Waals surface area contributed by atoms with E-state index in [9.17, 15) is 19.2 Å². The zero-order chi connectivity index (χ0) is 19.8. The van der Waals surface area contributed by atoms with Crippen LogP contribution in [0.2, 0.25) is 0 Å². The molecule has 8 heteroatoms. The van der Waals surface area contributed by atoms with Gasteiger partial charge >= 0.3 is 23.8 Å². The molecule has 0 aromatic heterocycles. The van der Waals surface area contributed by atoms with Gasteiger partial charge in [-0.05, 0) is 23.3 Å². The molecule has 2 aromatic carbocycles. The summed E-state index contributed by atoms with van der Waals surface area (Å²) >= 11 is 0. The van der Waals surface area contributed by atoms with Crippen LogP contribution in [-0.4, -0.2) is 40.1 Å². The number of carbonyl (C=O) groups is 4. The highest BCUT2D eigenvalue weighted by molar-refractivity contribution is 6.31. The van der Waals surface area contributed by atoms with Crippen LogP contribution in [0.25, 0.3) is 0 Å². The first kappa shape index (κ1) is 19.6. The molecular weight excluding hydrogens is 354 g/mol. The highest BCUT2D eigenvalue weighted by Gasteiger charge is 2.23. The molecule has 0 saturated heterocycles. The normalized spacial score (nSPS) is 11.3. The summed E-state index contributed by atoms with van der Waals surface area (Å²) in [6.45, 7) is 0. The topological polar surface area (TPSA) is 130 Å². The largest absolute Gasteiger partial charge is 0.480 e. The average molecular weight is 371 g/mol. The van der Waals surface area contributed by atoms with E-state index in [2.05, 4.69) is 0 Å². The molecule has 0 radical (unpaired) electrons. The Kier molecular flexibility index (Phi) is 6.65. The average Bonchev–Trinajstić information content (AvgIpc) is 2.63. The lowest BCUT2D eigenvalue weighted by Crippen LogP contribution is -2.45. The van der Waals surface area contributed by atoms with Gasteiger partial charge in [0.2, 0.25) is 0 Å². The summed E-state index contributed by atoms with van der Waals surface area (Å²) in [5, 5.41) is 19.6. The van der Waals surface area contributed by atoms with Gasteiger partial charge in [-0.2, -0.15) is 0 Å². The van der Waals surface area contributed by atoms with E-state index in [-0.39, 0.29) is 12.8 Å². The number of carboxylic acid groups (broad SMARTS) is 2. The third-order valence-electron chi connectivity index (χ3n) is 3.58. The van der Waals surface area contributed by atoms with Crippen LogP contribution in [0.3, 0.4) is 0 Å². The number of ether oxygens (including phenoxy) is 1. The molecule has 27 heavy (non-hydrogen) atoms. The Morgan fingerprint density at radius 1 is 0.889 bits per heavy atom. The fourth-order valence-corrected chi connectivity index (χ4v) is 2.28. The van der Waals surface area contributed by atoms with Crippen LogP contribution in [0, 0.1) is 0 Å². The fraction of sp³-hybridized carbons (Fsp3) is 0.158. The lowest BCUT2D eigenvalue weighted by molar-refractivity contribution is -0.152. The van der Waals surface area contributed by atoms with E-state index < -0.39 is 29.9 Å². The molecule has 140 valence electrons. The molecular formula is C19H17NO7. The summed E-state index contributed by atoms with van der Waals surface area (Å²) in [4.78, 5) is 44.8. The van der Waals surface area contributed by atoms with Gasteiger partial charge < -0.3 is 20.3 Å². The Morgan fingerprint density at radius 3 is 2.07 bits per heavy atom. The Morgan fingerprint density at radius 2 is 1.52 bits per heavy atom. The number of hydrogen-bond acceptors (Lipinski definition) is 5. The van der Waals surface area contributed by atoms with Crippen LogP contribution in [0.5, 0.6) is 5.75 Å².